The Morgan fingerprint density at radius 1 is 1.38 bits per heavy atom. The van der Waals surface area contributed by atoms with Gasteiger partial charge in [-0.25, -0.2) is 0 Å². The van der Waals surface area contributed by atoms with Gasteiger partial charge in [0.1, 0.15) is 0 Å². The summed E-state index contributed by atoms with van der Waals surface area (Å²) in [5.74, 6) is 0.555. The van der Waals surface area contributed by atoms with Gasteiger partial charge in [0.2, 0.25) is 0 Å². The van der Waals surface area contributed by atoms with Gasteiger partial charge in [0.15, 0.2) is 0 Å². The van der Waals surface area contributed by atoms with Crippen LogP contribution >= 0.6 is 0 Å². The number of anilines is 1. The predicted octanol–water partition coefficient (Wildman–Crippen LogP) is 3.49. The van der Waals surface area contributed by atoms with Gasteiger partial charge in [-0.1, -0.05) is 32.6 Å². The minimum Gasteiger partial charge on any atom is -0.388 e. The molecule has 0 aliphatic carbocycles. The molecule has 1 aromatic carbocycles. The molecule has 1 rings (SSSR count). The van der Waals surface area contributed by atoms with Crippen LogP contribution in [0.3, 0.4) is 0 Å². The molecule has 0 amide bonds. The van der Waals surface area contributed by atoms with Crippen molar-refractivity contribution in [1.82, 2.24) is 0 Å². The van der Waals surface area contributed by atoms with E-state index in [4.69, 9.17) is 0 Å². The highest BCUT2D eigenvalue weighted by molar-refractivity contribution is 5.60. The van der Waals surface area contributed by atoms with E-state index in [-0.39, 0.29) is 0 Å². The van der Waals surface area contributed by atoms with Crippen molar-refractivity contribution in [2.75, 3.05) is 12.4 Å². The average molecular weight is 175 g/mol. The number of nitrogens with one attached hydrogen (secondary N) is 1. The Morgan fingerprint density at radius 3 is 2.54 bits per heavy atom. The van der Waals surface area contributed by atoms with Crippen LogP contribution in [0.1, 0.15) is 30.9 Å². The van der Waals surface area contributed by atoms with Crippen molar-refractivity contribution in [3.05, 3.63) is 35.9 Å². The molecule has 0 saturated carbocycles. The molecule has 0 atom stereocenters. The summed E-state index contributed by atoms with van der Waals surface area (Å²) in [5.41, 5.74) is 3.72. The first-order chi connectivity index (χ1) is 6.19. The predicted molar refractivity (Wildman–Crippen MR) is 60.2 cm³/mol. The summed E-state index contributed by atoms with van der Waals surface area (Å²) < 4.78 is 0. The standard InChI is InChI=1S/C12H17N/c1-5-10-8-11(13-4)6-7-12(10)9(2)3/h5-9,13H,1H2,2-4H3. The fourth-order valence-electron chi connectivity index (χ4n) is 1.43. The van der Waals surface area contributed by atoms with Crippen LogP contribution in [0.2, 0.25) is 0 Å². The van der Waals surface area contributed by atoms with Crippen LogP contribution in [-0.4, -0.2) is 7.05 Å². The molecule has 1 N–H and O–H groups in total. The fourth-order valence-corrected chi connectivity index (χ4v) is 1.43. The summed E-state index contributed by atoms with van der Waals surface area (Å²) in [6.07, 6.45) is 1.91. The third-order valence-electron chi connectivity index (χ3n) is 2.22. The van der Waals surface area contributed by atoms with Gasteiger partial charge >= 0.3 is 0 Å². The van der Waals surface area contributed by atoms with Gasteiger partial charge in [-0.2, -0.15) is 0 Å². The quantitative estimate of drug-likeness (QED) is 0.741. The second-order valence-electron chi connectivity index (χ2n) is 3.45. The van der Waals surface area contributed by atoms with Gasteiger partial charge in [0.25, 0.3) is 0 Å². The minimum atomic E-state index is 0.555. The zero-order chi connectivity index (χ0) is 9.84. The summed E-state index contributed by atoms with van der Waals surface area (Å²) in [5, 5.41) is 3.12. The average Bonchev–Trinajstić information content (AvgIpc) is 2.16. The highest BCUT2D eigenvalue weighted by atomic mass is 14.8. The van der Waals surface area contributed by atoms with Crippen LogP contribution < -0.4 is 5.32 Å². The van der Waals surface area contributed by atoms with E-state index < -0.39 is 0 Å². The summed E-state index contributed by atoms with van der Waals surface area (Å²) in [6, 6.07) is 6.39. The second kappa shape index (κ2) is 4.13. The maximum atomic E-state index is 3.82. The Balaban J connectivity index is 3.15. The molecule has 0 saturated heterocycles. The molecule has 0 aliphatic rings. The van der Waals surface area contributed by atoms with E-state index >= 15 is 0 Å². The summed E-state index contributed by atoms with van der Waals surface area (Å²) in [7, 11) is 1.93. The SMILES string of the molecule is C=Cc1cc(NC)ccc1C(C)C. The molecular formula is C12H17N. The Bertz CT molecular complexity index is 300. The van der Waals surface area contributed by atoms with Crippen LogP contribution in [0.4, 0.5) is 5.69 Å². The first kappa shape index (κ1) is 9.85. The van der Waals surface area contributed by atoms with Crippen molar-refractivity contribution < 1.29 is 0 Å². The number of rotatable bonds is 3. The topological polar surface area (TPSA) is 12.0 Å². The van der Waals surface area contributed by atoms with Gasteiger partial charge in [0, 0.05) is 12.7 Å². The molecule has 70 valence electrons. The first-order valence-corrected chi connectivity index (χ1v) is 4.63. The molecule has 0 aromatic heterocycles. The first-order valence-electron chi connectivity index (χ1n) is 4.63. The Morgan fingerprint density at radius 2 is 2.08 bits per heavy atom. The maximum absolute atomic E-state index is 3.82. The van der Waals surface area contributed by atoms with E-state index in [0.29, 0.717) is 5.92 Å². The molecule has 0 heterocycles. The zero-order valence-electron chi connectivity index (χ0n) is 8.59. The van der Waals surface area contributed by atoms with E-state index in [2.05, 4.69) is 43.9 Å². The number of benzene rings is 1. The minimum absolute atomic E-state index is 0.555. The summed E-state index contributed by atoms with van der Waals surface area (Å²) in [6.45, 7) is 8.21. The van der Waals surface area contributed by atoms with Gasteiger partial charge < -0.3 is 5.32 Å². The summed E-state index contributed by atoms with van der Waals surface area (Å²) >= 11 is 0. The van der Waals surface area contributed by atoms with E-state index in [1.165, 1.54) is 11.1 Å². The Labute approximate surface area is 80.5 Å². The molecule has 0 fully saturated rings. The Hall–Kier alpha value is -1.24. The smallest absolute Gasteiger partial charge is 0.0343 e. The lowest BCUT2D eigenvalue weighted by Gasteiger charge is -2.11. The zero-order valence-corrected chi connectivity index (χ0v) is 8.59. The van der Waals surface area contributed by atoms with Crippen LogP contribution in [0.5, 0.6) is 0 Å². The van der Waals surface area contributed by atoms with Crippen molar-refractivity contribution in [3.8, 4) is 0 Å². The monoisotopic (exact) mass is 175 g/mol. The van der Waals surface area contributed by atoms with Gasteiger partial charge in [-0.3, -0.25) is 0 Å². The van der Waals surface area contributed by atoms with Crippen molar-refractivity contribution in [2.45, 2.75) is 19.8 Å². The molecule has 13 heavy (non-hydrogen) atoms. The lowest BCUT2D eigenvalue weighted by molar-refractivity contribution is 0.864. The highest BCUT2D eigenvalue weighted by Crippen LogP contribution is 2.23. The van der Waals surface area contributed by atoms with Gasteiger partial charge in [-0.15, -0.1) is 0 Å². The molecule has 0 spiro atoms. The van der Waals surface area contributed by atoms with Crippen molar-refractivity contribution in [2.24, 2.45) is 0 Å². The molecule has 0 aliphatic heterocycles. The van der Waals surface area contributed by atoms with Crippen LogP contribution in [0.25, 0.3) is 6.08 Å². The summed E-state index contributed by atoms with van der Waals surface area (Å²) in [4.78, 5) is 0. The fraction of sp³-hybridized carbons (Fsp3) is 0.333. The van der Waals surface area contributed by atoms with Crippen LogP contribution in [-0.2, 0) is 0 Å². The van der Waals surface area contributed by atoms with Crippen molar-refractivity contribution >= 4 is 11.8 Å². The third kappa shape index (κ3) is 2.11. The second-order valence-corrected chi connectivity index (χ2v) is 3.45. The van der Waals surface area contributed by atoms with Crippen molar-refractivity contribution in [1.29, 1.82) is 0 Å². The van der Waals surface area contributed by atoms with Gasteiger partial charge in [-0.05, 0) is 29.2 Å². The van der Waals surface area contributed by atoms with E-state index in [0.717, 1.165) is 5.69 Å². The highest BCUT2D eigenvalue weighted by Gasteiger charge is 2.03. The normalized spacial score (nSPS) is 10.2. The number of hydrogen-bond acceptors (Lipinski definition) is 1. The van der Waals surface area contributed by atoms with Crippen molar-refractivity contribution in [3.63, 3.8) is 0 Å². The lowest BCUT2D eigenvalue weighted by Crippen LogP contribution is -1.94. The maximum Gasteiger partial charge on any atom is 0.0343 e. The largest absolute Gasteiger partial charge is 0.388 e. The molecule has 1 aromatic rings. The van der Waals surface area contributed by atoms with Gasteiger partial charge in [0.05, 0.1) is 0 Å². The van der Waals surface area contributed by atoms with Crippen LogP contribution in [0.15, 0.2) is 24.8 Å². The third-order valence-corrected chi connectivity index (χ3v) is 2.22. The molecule has 0 unspecified atom stereocenters. The molecule has 0 bridgehead atoms. The van der Waals surface area contributed by atoms with E-state index in [9.17, 15) is 0 Å². The molecule has 0 radical (unpaired) electrons. The van der Waals surface area contributed by atoms with E-state index in [1.807, 2.05) is 13.1 Å². The van der Waals surface area contributed by atoms with E-state index in [1.54, 1.807) is 0 Å². The molecular weight excluding hydrogens is 158 g/mol. The molecule has 1 nitrogen and oxygen atoms in total. The Kier molecular flexibility index (Phi) is 3.13. The number of hydrogen-bond donors (Lipinski definition) is 1. The van der Waals surface area contributed by atoms with Crippen LogP contribution in [0, 0.1) is 0 Å². The lowest BCUT2D eigenvalue weighted by atomic mass is 9.97. The molecule has 1 heteroatoms.